The van der Waals surface area contributed by atoms with Crippen LogP contribution in [0.1, 0.15) is 0 Å². The molecule has 0 aliphatic rings. The maximum absolute atomic E-state index is 12.0. The third-order valence-corrected chi connectivity index (χ3v) is 4.52. The summed E-state index contributed by atoms with van der Waals surface area (Å²) in [5.41, 5.74) is 0.890. The van der Waals surface area contributed by atoms with Crippen molar-refractivity contribution < 1.29 is 4.79 Å². The third kappa shape index (κ3) is 3.68. The Balaban J connectivity index is 1.91. The van der Waals surface area contributed by atoms with Gasteiger partial charge < -0.3 is 10.2 Å². The highest BCUT2D eigenvalue weighted by Gasteiger charge is 2.12. The lowest BCUT2D eigenvalue weighted by Crippen LogP contribution is -2.27. The number of aromatic nitrogens is 2. The number of benzene rings is 1. The lowest BCUT2D eigenvalue weighted by molar-refractivity contribution is -0.115. The monoisotopic (exact) mass is 294 g/mol. The minimum Gasteiger partial charge on any atom is -0.363 e. The van der Waals surface area contributed by atoms with Crippen molar-refractivity contribution in [3.63, 3.8) is 0 Å². The number of amides is 1. The first-order chi connectivity index (χ1) is 9.20. The summed E-state index contributed by atoms with van der Waals surface area (Å²) in [4.78, 5) is 13.7. The van der Waals surface area contributed by atoms with Gasteiger partial charge in [-0.05, 0) is 12.1 Å². The Morgan fingerprint density at radius 1 is 1.37 bits per heavy atom. The second-order valence-electron chi connectivity index (χ2n) is 3.70. The minimum atomic E-state index is 0.0393. The molecule has 7 heteroatoms. The summed E-state index contributed by atoms with van der Waals surface area (Å²) in [6.07, 6.45) is 0. The zero-order valence-corrected chi connectivity index (χ0v) is 12.3. The van der Waals surface area contributed by atoms with Gasteiger partial charge in [0.2, 0.25) is 11.0 Å². The van der Waals surface area contributed by atoms with Crippen molar-refractivity contribution >= 4 is 39.8 Å². The molecule has 0 bridgehead atoms. The van der Waals surface area contributed by atoms with Crippen LogP contribution in [0, 0.1) is 0 Å². The van der Waals surface area contributed by atoms with E-state index in [1.807, 2.05) is 30.3 Å². The average Bonchev–Trinajstić information content (AvgIpc) is 2.93. The van der Waals surface area contributed by atoms with Crippen LogP contribution in [0.4, 0.5) is 10.8 Å². The summed E-state index contributed by atoms with van der Waals surface area (Å²) in [6, 6.07) is 9.57. The van der Waals surface area contributed by atoms with Gasteiger partial charge in [0, 0.05) is 19.8 Å². The molecular weight excluding hydrogens is 280 g/mol. The normalized spacial score (nSPS) is 10.2. The maximum Gasteiger partial charge on any atom is 0.237 e. The van der Waals surface area contributed by atoms with Gasteiger partial charge in [0.25, 0.3) is 0 Å². The van der Waals surface area contributed by atoms with E-state index in [4.69, 9.17) is 0 Å². The van der Waals surface area contributed by atoms with E-state index in [9.17, 15) is 4.79 Å². The number of anilines is 2. The van der Waals surface area contributed by atoms with Gasteiger partial charge in [-0.25, -0.2) is 0 Å². The van der Waals surface area contributed by atoms with Gasteiger partial charge >= 0.3 is 0 Å². The summed E-state index contributed by atoms with van der Waals surface area (Å²) in [6.45, 7) is 0. The summed E-state index contributed by atoms with van der Waals surface area (Å²) in [5, 5.41) is 11.6. The molecule has 0 aliphatic carbocycles. The number of nitrogens with one attached hydrogen (secondary N) is 1. The molecule has 0 atom stereocenters. The smallest absolute Gasteiger partial charge is 0.237 e. The zero-order valence-electron chi connectivity index (χ0n) is 10.7. The van der Waals surface area contributed by atoms with Gasteiger partial charge in [-0.1, -0.05) is 41.3 Å². The Morgan fingerprint density at radius 2 is 2.11 bits per heavy atom. The summed E-state index contributed by atoms with van der Waals surface area (Å²) in [7, 11) is 3.57. The number of para-hydroxylation sites is 1. The Labute approximate surface area is 120 Å². The van der Waals surface area contributed by atoms with Crippen LogP contribution in [0.15, 0.2) is 34.7 Å². The van der Waals surface area contributed by atoms with Crippen molar-refractivity contribution in [1.29, 1.82) is 0 Å². The molecular formula is C12H14N4OS2. The lowest BCUT2D eigenvalue weighted by atomic mass is 10.3. The minimum absolute atomic E-state index is 0.0393. The molecule has 0 unspecified atom stereocenters. The second kappa shape index (κ2) is 6.53. The molecule has 0 saturated heterocycles. The van der Waals surface area contributed by atoms with E-state index in [-0.39, 0.29) is 5.91 Å². The van der Waals surface area contributed by atoms with Gasteiger partial charge in [0.15, 0.2) is 4.34 Å². The molecule has 1 amide bonds. The number of hydrogen-bond donors (Lipinski definition) is 1. The van der Waals surface area contributed by atoms with E-state index in [2.05, 4.69) is 15.5 Å². The fourth-order valence-corrected chi connectivity index (χ4v) is 3.00. The van der Waals surface area contributed by atoms with Crippen LogP contribution in [0.2, 0.25) is 0 Å². The number of carbonyl (C=O) groups is 1. The van der Waals surface area contributed by atoms with Crippen molar-refractivity contribution in [2.45, 2.75) is 4.34 Å². The molecule has 100 valence electrons. The highest BCUT2D eigenvalue weighted by Crippen LogP contribution is 2.25. The first-order valence-electron chi connectivity index (χ1n) is 5.66. The molecule has 2 rings (SSSR count). The maximum atomic E-state index is 12.0. The molecule has 0 radical (unpaired) electrons. The Bertz CT molecular complexity index is 544. The highest BCUT2D eigenvalue weighted by atomic mass is 32.2. The molecule has 1 N–H and O–H groups in total. The molecule has 1 aromatic carbocycles. The third-order valence-electron chi connectivity index (χ3n) is 2.46. The lowest BCUT2D eigenvalue weighted by Gasteiger charge is -2.16. The van der Waals surface area contributed by atoms with Crippen molar-refractivity contribution in [3.05, 3.63) is 30.3 Å². The van der Waals surface area contributed by atoms with Gasteiger partial charge in [-0.3, -0.25) is 4.79 Å². The largest absolute Gasteiger partial charge is 0.363 e. The van der Waals surface area contributed by atoms with E-state index >= 15 is 0 Å². The summed E-state index contributed by atoms with van der Waals surface area (Å²) >= 11 is 2.84. The summed E-state index contributed by atoms with van der Waals surface area (Å²) < 4.78 is 0.791. The predicted octanol–water partition coefficient (Wildman–Crippen LogP) is 2.33. The van der Waals surface area contributed by atoms with Crippen molar-refractivity contribution in [2.75, 3.05) is 30.1 Å². The molecule has 0 fully saturated rings. The molecule has 0 aliphatic heterocycles. The van der Waals surface area contributed by atoms with Crippen LogP contribution in [0.25, 0.3) is 0 Å². The number of rotatable bonds is 5. The van der Waals surface area contributed by atoms with Crippen LogP contribution in [-0.2, 0) is 4.79 Å². The molecule has 0 saturated carbocycles. The number of carbonyl (C=O) groups excluding carboxylic acids is 1. The second-order valence-corrected chi connectivity index (χ2v) is 5.90. The molecule has 1 heterocycles. The Kier molecular flexibility index (Phi) is 4.75. The van der Waals surface area contributed by atoms with E-state index in [1.165, 1.54) is 23.1 Å². The average molecular weight is 294 g/mol. The standard InChI is InChI=1S/C12H14N4OS2/c1-13-11-14-15-12(19-11)18-8-10(17)16(2)9-6-4-3-5-7-9/h3-7H,8H2,1-2H3,(H,13,14). The molecule has 2 aromatic rings. The fraction of sp³-hybridized carbons (Fsp3) is 0.250. The van der Waals surface area contributed by atoms with Crippen LogP contribution >= 0.6 is 23.1 Å². The van der Waals surface area contributed by atoms with Gasteiger partial charge in [-0.15, -0.1) is 10.2 Å². The van der Waals surface area contributed by atoms with E-state index in [0.29, 0.717) is 5.75 Å². The Morgan fingerprint density at radius 3 is 2.74 bits per heavy atom. The highest BCUT2D eigenvalue weighted by molar-refractivity contribution is 8.01. The number of nitrogens with zero attached hydrogens (tertiary/aromatic N) is 3. The topological polar surface area (TPSA) is 58.1 Å². The van der Waals surface area contributed by atoms with E-state index < -0.39 is 0 Å². The molecule has 1 aromatic heterocycles. The first-order valence-corrected chi connectivity index (χ1v) is 7.46. The first kappa shape index (κ1) is 13.8. The summed E-state index contributed by atoms with van der Waals surface area (Å²) in [5.74, 6) is 0.390. The van der Waals surface area contributed by atoms with Crippen LogP contribution in [-0.4, -0.2) is 36.0 Å². The van der Waals surface area contributed by atoms with Crippen molar-refractivity contribution in [1.82, 2.24) is 10.2 Å². The molecule has 19 heavy (non-hydrogen) atoms. The van der Waals surface area contributed by atoms with Gasteiger partial charge in [-0.2, -0.15) is 0 Å². The van der Waals surface area contributed by atoms with E-state index in [1.54, 1.807) is 19.0 Å². The van der Waals surface area contributed by atoms with Gasteiger partial charge in [0.1, 0.15) is 0 Å². The molecule has 0 spiro atoms. The fourth-order valence-electron chi connectivity index (χ4n) is 1.39. The number of thioether (sulfide) groups is 1. The van der Waals surface area contributed by atoms with E-state index in [0.717, 1.165) is 15.2 Å². The predicted molar refractivity (Wildman–Crippen MR) is 80.0 cm³/mol. The molecule has 5 nitrogen and oxygen atoms in total. The number of hydrogen-bond acceptors (Lipinski definition) is 6. The zero-order chi connectivity index (χ0) is 13.7. The van der Waals surface area contributed by atoms with Crippen LogP contribution in [0.5, 0.6) is 0 Å². The van der Waals surface area contributed by atoms with Crippen molar-refractivity contribution in [2.24, 2.45) is 0 Å². The van der Waals surface area contributed by atoms with Gasteiger partial charge in [0.05, 0.1) is 5.75 Å². The van der Waals surface area contributed by atoms with Crippen LogP contribution in [0.3, 0.4) is 0 Å². The van der Waals surface area contributed by atoms with Crippen LogP contribution < -0.4 is 10.2 Å². The SMILES string of the molecule is CNc1nnc(SCC(=O)N(C)c2ccccc2)s1. The van der Waals surface area contributed by atoms with Crippen molar-refractivity contribution in [3.8, 4) is 0 Å². The quantitative estimate of drug-likeness (QED) is 0.858. The Hall–Kier alpha value is -1.60.